The van der Waals surface area contributed by atoms with Gasteiger partial charge in [-0.05, 0) is 49.8 Å². The summed E-state index contributed by atoms with van der Waals surface area (Å²) in [6.45, 7) is 1.37. The van der Waals surface area contributed by atoms with Gasteiger partial charge in [0.2, 0.25) is 11.8 Å². The van der Waals surface area contributed by atoms with E-state index in [1.54, 1.807) is 0 Å². The molecular formula is C20H27ClFN3O2. The fourth-order valence-electron chi connectivity index (χ4n) is 4.11. The molecule has 1 saturated carbocycles. The second-order valence-electron chi connectivity index (χ2n) is 7.70. The van der Waals surface area contributed by atoms with Gasteiger partial charge in [0, 0.05) is 31.2 Å². The molecule has 0 spiro atoms. The zero-order chi connectivity index (χ0) is 19.4. The van der Waals surface area contributed by atoms with Crippen LogP contribution >= 0.6 is 11.6 Å². The zero-order valence-corrected chi connectivity index (χ0v) is 16.2. The van der Waals surface area contributed by atoms with Crippen molar-refractivity contribution in [3.8, 4) is 0 Å². The minimum atomic E-state index is -0.510. The molecular weight excluding hydrogens is 369 g/mol. The molecule has 1 aliphatic carbocycles. The van der Waals surface area contributed by atoms with Gasteiger partial charge >= 0.3 is 0 Å². The van der Waals surface area contributed by atoms with Crippen LogP contribution < -0.4 is 11.1 Å². The summed E-state index contributed by atoms with van der Waals surface area (Å²) in [5.41, 5.74) is 6.63. The van der Waals surface area contributed by atoms with Crippen molar-refractivity contribution in [1.29, 1.82) is 0 Å². The van der Waals surface area contributed by atoms with Gasteiger partial charge in [-0.25, -0.2) is 4.39 Å². The van der Waals surface area contributed by atoms with E-state index >= 15 is 0 Å². The fraction of sp³-hybridized carbons (Fsp3) is 0.600. The summed E-state index contributed by atoms with van der Waals surface area (Å²) in [5.74, 6) is -0.237. The van der Waals surface area contributed by atoms with Gasteiger partial charge in [0.1, 0.15) is 5.82 Å². The number of anilines is 1. The Kier molecular flexibility index (Phi) is 6.71. The van der Waals surface area contributed by atoms with Crippen LogP contribution in [0, 0.1) is 17.7 Å². The first kappa shape index (κ1) is 20.1. The summed E-state index contributed by atoms with van der Waals surface area (Å²) in [6.07, 6.45) is 6.02. The van der Waals surface area contributed by atoms with E-state index in [1.165, 1.54) is 18.2 Å². The second-order valence-corrected chi connectivity index (χ2v) is 8.11. The van der Waals surface area contributed by atoms with Crippen molar-refractivity contribution in [2.24, 2.45) is 17.6 Å². The predicted octanol–water partition coefficient (Wildman–Crippen LogP) is 3.56. The summed E-state index contributed by atoms with van der Waals surface area (Å²) in [4.78, 5) is 26.9. The minimum absolute atomic E-state index is 0.0134. The molecule has 1 aromatic rings. The molecule has 3 rings (SSSR count). The number of nitrogens with two attached hydrogens (primary N) is 1. The second kappa shape index (κ2) is 9.02. The quantitative estimate of drug-likeness (QED) is 0.818. The van der Waals surface area contributed by atoms with E-state index in [1.807, 2.05) is 4.90 Å². The van der Waals surface area contributed by atoms with E-state index in [-0.39, 0.29) is 34.7 Å². The van der Waals surface area contributed by atoms with Crippen LogP contribution in [0.1, 0.15) is 44.9 Å². The maximum Gasteiger partial charge on any atom is 0.227 e. The van der Waals surface area contributed by atoms with Crippen molar-refractivity contribution in [2.45, 2.75) is 51.0 Å². The maximum atomic E-state index is 13.2. The van der Waals surface area contributed by atoms with Crippen LogP contribution in [-0.4, -0.2) is 35.8 Å². The number of benzene rings is 1. The van der Waals surface area contributed by atoms with Crippen molar-refractivity contribution < 1.29 is 14.0 Å². The third-order valence-electron chi connectivity index (χ3n) is 5.74. The topological polar surface area (TPSA) is 75.4 Å². The first-order valence-electron chi connectivity index (χ1n) is 9.73. The van der Waals surface area contributed by atoms with Crippen LogP contribution in [0.4, 0.5) is 10.1 Å². The van der Waals surface area contributed by atoms with Crippen LogP contribution in [-0.2, 0) is 9.59 Å². The molecule has 3 N–H and O–H groups in total. The van der Waals surface area contributed by atoms with Crippen LogP contribution in [0.2, 0.25) is 5.02 Å². The van der Waals surface area contributed by atoms with Crippen molar-refractivity contribution in [2.75, 3.05) is 18.4 Å². The Morgan fingerprint density at radius 3 is 2.56 bits per heavy atom. The molecule has 0 radical (unpaired) electrons. The highest BCUT2D eigenvalue weighted by Gasteiger charge is 2.33. The van der Waals surface area contributed by atoms with Crippen molar-refractivity contribution in [1.82, 2.24) is 4.90 Å². The van der Waals surface area contributed by atoms with Crippen LogP contribution in [0.3, 0.4) is 0 Å². The SMILES string of the molecule is N[C@@H]1CCCC[C@H]1C(=O)N1CCC(CC(=O)Nc2ccc(F)c(Cl)c2)CC1. The van der Waals surface area contributed by atoms with Gasteiger partial charge < -0.3 is 16.0 Å². The zero-order valence-electron chi connectivity index (χ0n) is 15.4. The molecule has 0 bridgehead atoms. The molecule has 2 fully saturated rings. The average molecular weight is 396 g/mol. The molecule has 1 aromatic carbocycles. The monoisotopic (exact) mass is 395 g/mol. The summed E-state index contributed by atoms with van der Waals surface area (Å²) in [6, 6.07) is 4.12. The summed E-state index contributed by atoms with van der Waals surface area (Å²) in [5, 5.41) is 2.75. The number of nitrogens with zero attached hydrogens (tertiary/aromatic N) is 1. The Morgan fingerprint density at radius 1 is 1.19 bits per heavy atom. The first-order valence-corrected chi connectivity index (χ1v) is 10.1. The van der Waals surface area contributed by atoms with E-state index in [4.69, 9.17) is 17.3 Å². The van der Waals surface area contributed by atoms with Crippen LogP contribution in [0.5, 0.6) is 0 Å². The smallest absolute Gasteiger partial charge is 0.227 e. The van der Waals surface area contributed by atoms with Gasteiger partial charge in [0.05, 0.1) is 10.9 Å². The number of amides is 2. The van der Waals surface area contributed by atoms with E-state index in [9.17, 15) is 14.0 Å². The molecule has 7 heteroatoms. The maximum absolute atomic E-state index is 13.2. The van der Waals surface area contributed by atoms with Gasteiger partial charge in [-0.1, -0.05) is 24.4 Å². The molecule has 2 atom stereocenters. The van der Waals surface area contributed by atoms with Crippen molar-refractivity contribution in [3.63, 3.8) is 0 Å². The Morgan fingerprint density at radius 2 is 1.89 bits per heavy atom. The number of likely N-dealkylation sites (tertiary alicyclic amines) is 1. The lowest BCUT2D eigenvalue weighted by molar-refractivity contribution is -0.138. The lowest BCUT2D eigenvalue weighted by Gasteiger charge is -2.37. The normalized spacial score (nSPS) is 23.9. The highest BCUT2D eigenvalue weighted by molar-refractivity contribution is 6.31. The Labute approximate surface area is 164 Å². The third-order valence-corrected chi connectivity index (χ3v) is 6.03. The molecule has 27 heavy (non-hydrogen) atoms. The summed E-state index contributed by atoms with van der Waals surface area (Å²) >= 11 is 5.74. The van der Waals surface area contributed by atoms with E-state index in [0.717, 1.165) is 38.5 Å². The number of hydrogen-bond donors (Lipinski definition) is 2. The number of carbonyl (C=O) groups excluding carboxylic acids is 2. The van der Waals surface area contributed by atoms with Crippen molar-refractivity contribution >= 4 is 29.1 Å². The van der Waals surface area contributed by atoms with Gasteiger partial charge in [0.15, 0.2) is 0 Å². The Hall–Kier alpha value is -1.66. The molecule has 148 valence electrons. The fourth-order valence-corrected chi connectivity index (χ4v) is 4.29. The Balaban J connectivity index is 1.45. The molecule has 0 aromatic heterocycles. The number of nitrogens with one attached hydrogen (secondary N) is 1. The summed E-state index contributed by atoms with van der Waals surface area (Å²) < 4.78 is 13.2. The molecule has 1 heterocycles. The van der Waals surface area contributed by atoms with E-state index < -0.39 is 5.82 Å². The van der Waals surface area contributed by atoms with Crippen LogP contribution in [0.25, 0.3) is 0 Å². The molecule has 0 unspecified atom stereocenters. The number of hydrogen-bond acceptors (Lipinski definition) is 3. The van der Waals surface area contributed by atoms with E-state index in [2.05, 4.69) is 5.32 Å². The minimum Gasteiger partial charge on any atom is -0.342 e. The highest BCUT2D eigenvalue weighted by Crippen LogP contribution is 2.28. The number of carbonyl (C=O) groups is 2. The van der Waals surface area contributed by atoms with Gasteiger partial charge in [-0.2, -0.15) is 0 Å². The molecule has 2 amide bonds. The van der Waals surface area contributed by atoms with Gasteiger partial charge in [-0.3, -0.25) is 9.59 Å². The highest BCUT2D eigenvalue weighted by atomic mass is 35.5. The Bertz CT molecular complexity index is 692. The molecule has 5 nitrogen and oxygen atoms in total. The average Bonchev–Trinajstić information content (AvgIpc) is 2.65. The van der Waals surface area contributed by atoms with Gasteiger partial charge in [-0.15, -0.1) is 0 Å². The van der Waals surface area contributed by atoms with Crippen molar-refractivity contribution in [3.05, 3.63) is 29.0 Å². The lowest BCUT2D eigenvalue weighted by atomic mass is 9.83. The first-order chi connectivity index (χ1) is 12.9. The number of piperidine rings is 1. The molecule has 1 saturated heterocycles. The molecule has 2 aliphatic rings. The van der Waals surface area contributed by atoms with Crippen LogP contribution in [0.15, 0.2) is 18.2 Å². The standard InChI is InChI=1S/C20H27ClFN3O2/c21-16-12-14(5-6-17(16)22)24-19(26)11-13-7-9-25(10-8-13)20(27)15-3-1-2-4-18(15)23/h5-6,12-13,15,18H,1-4,7-11,23H2,(H,24,26)/t15-,18-/m1/s1. The third kappa shape index (κ3) is 5.20. The number of halogens is 2. The number of rotatable bonds is 4. The van der Waals surface area contributed by atoms with Gasteiger partial charge in [0.25, 0.3) is 0 Å². The molecule has 1 aliphatic heterocycles. The predicted molar refractivity (Wildman–Crippen MR) is 104 cm³/mol. The summed E-state index contributed by atoms with van der Waals surface area (Å²) in [7, 11) is 0. The largest absolute Gasteiger partial charge is 0.342 e. The van der Waals surface area contributed by atoms with E-state index in [0.29, 0.717) is 25.2 Å². The lowest BCUT2D eigenvalue weighted by Crippen LogP contribution is -2.48.